The highest BCUT2D eigenvalue weighted by atomic mass is 32.2. The third kappa shape index (κ3) is 6.00. The van der Waals surface area contributed by atoms with Crippen LogP contribution in [0.4, 0.5) is 5.82 Å². The molecule has 0 bridgehead atoms. The van der Waals surface area contributed by atoms with E-state index in [1.165, 1.54) is 0 Å². The molecule has 0 unspecified atom stereocenters. The van der Waals surface area contributed by atoms with Crippen molar-refractivity contribution in [2.75, 3.05) is 24.3 Å². The summed E-state index contributed by atoms with van der Waals surface area (Å²) >= 11 is 1.58. The van der Waals surface area contributed by atoms with Gasteiger partial charge in [0.2, 0.25) is 11.8 Å². The number of aromatic nitrogens is 3. The molecule has 9 heteroatoms. The molecular formula is C32H35N5O3S. The number of amides is 2. The number of ether oxygens (including phenoxy) is 1. The molecule has 41 heavy (non-hydrogen) atoms. The van der Waals surface area contributed by atoms with Gasteiger partial charge in [-0.15, -0.1) is 11.8 Å². The first-order valence-corrected chi connectivity index (χ1v) is 14.6. The molecule has 2 aromatic carbocycles. The smallest absolute Gasteiger partial charge is 0.240 e. The standard InChI is InChI=1S/C32H35N5O3S/c1-21-10-6-7-12-25(21)29-28-30(32(2,3)4)35-37(23-13-15-24(40-5)16-14-23)31(28)36(27(39)20-41-29)19-26(38)34-18-22-11-8-9-17-33-22/h6-17,29H,18-20H2,1-5H3,(H,34,38)/t29-/m0/s1. The second kappa shape index (κ2) is 11.8. The van der Waals surface area contributed by atoms with Gasteiger partial charge in [0.05, 0.1) is 41.7 Å². The first-order chi connectivity index (χ1) is 19.7. The maximum atomic E-state index is 13.8. The Bertz CT molecular complexity index is 1540. The summed E-state index contributed by atoms with van der Waals surface area (Å²) in [6.45, 7) is 8.62. The molecule has 2 amide bonds. The highest BCUT2D eigenvalue weighted by Crippen LogP contribution is 2.49. The van der Waals surface area contributed by atoms with E-state index in [4.69, 9.17) is 9.84 Å². The van der Waals surface area contributed by atoms with Gasteiger partial charge in [0, 0.05) is 17.2 Å². The summed E-state index contributed by atoms with van der Waals surface area (Å²) in [7, 11) is 1.63. The van der Waals surface area contributed by atoms with Crippen molar-refractivity contribution in [3.63, 3.8) is 0 Å². The number of thioether (sulfide) groups is 1. The van der Waals surface area contributed by atoms with Gasteiger partial charge in [0.25, 0.3) is 0 Å². The van der Waals surface area contributed by atoms with E-state index in [1.54, 1.807) is 30.0 Å². The van der Waals surface area contributed by atoms with Crippen molar-refractivity contribution in [2.45, 2.75) is 44.9 Å². The van der Waals surface area contributed by atoms with Crippen molar-refractivity contribution in [1.82, 2.24) is 20.1 Å². The van der Waals surface area contributed by atoms with Crippen molar-refractivity contribution in [3.8, 4) is 11.4 Å². The maximum absolute atomic E-state index is 13.8. The van der Waals surface area contributed by atoms with Crippen LogP contribution in [0, 0.1) is 6.92 Å². The Kier molecular flexibility index (Phi) is 8.17. The molecule has 0 fully saturated rings. The lowest BCUT2D eigenvalue weighted by atomic mass is 9.86. The number of nitrogens with one attached hydrogen (secondary N) is 1. The molecule has 4 aromatic rings. The van der Waals surface area contributed by atoms with Crippen LogP contribution in [-0.4, -0.2) is 46.0 Å². The van der Waals surface area contributed by atoms with Crippen LogP contribution in [0.25, 0.3) is 5.69 Å². The van der Waals surface area contributed by atoms with Gasteiger partial charge in [-0.05, 0) is 54.4 Å². The third-order valence-electron chi connectivity index (χ3n) is 7.08. The number of anilines is 1. The number of carbonyl (C=O) groups is 2. The van der Waals surface area contributed by atoms with Crippen molar-refractivity contribution in [1.29, 1.82) is 0 Å². The molecule has 212 valence electrons. The van der Waals surface area contributed by atoms with Crippen LogP contribution >= 0.6 is 11.8 Å². The van der Waals surface area contributed by atoms with E-state index < -0.39 is 0 Å². The molecule has 0 saturated heterocycles. The zero-order chi connectivity index (χ0) is 29.1. The van der Waals surface area contributed by atoms with Gasteiger partial charge < -0.3 is 10.1 Å². The fraction of sp³-hybridized carbons (Fsp3) is 0.312. The molecule has 0 spiro atoms. The van der Waals surface area contributed by atoms with Crippen LogP contribution in [0.5, 0.6) is 5.75 Å². The van der Waals surface area contributed by atoms with Crippen LogP contribution in [-0.2, 0) is 21.5 Å². The lowest BCUT2D eigenvalue weighted by Crippen LogP contribution is -2.42. The molecule has 1 aliphatic heterocycles. The van der Waals surface area contributed by atoms with Crippen LogP contribution in [0.2, 0.25) is 0 Å². The Balaban J connectivity index is 1.66. The fourth-order valence-corrected chi connectivity index (χ4v) is 6.29. The summed E-state index contributed by atoms with van der Waals surface area (Å²) in [5.74, 6) is 1.16. The number of carbonyl (C=O) groups excluding carboxylic acids is 2. The first-order valence-electron chi connectivity index (χ1n) is 13.6. The average molecular weight is 570 g/mol. The highest BCUT2D eigenvalue weighted by molar-refractivity contribution is 8.00. The van der Waals surface area contributed by atoms with E-state index in [9.17, 15) is 9.59 Å². The summed E-state index contributed by atoms with van der Waals surface area (Å²) in [4.78, 5) is 33.0. The summed E-state index contributed by atoms with van der Waals surface area (Å²) in [5.41, 5.74) is 5.31. The molecule has 3 heterocycles. The Morgan fingerprint density at radius 2 is 1.80 bits per heavy atom. The van der Waals surface area contributed by atoms with Crippen molar-refractivity contribution < 1.29 is 14.3 Å². The normalized spacial score (nSPS) is 15.3. The van der Waals surface area contributed by atoms with Crippen molar-refractivity contribution in [2.24, 2.45) is 0 Å². The molecule has 0 radical (unpaired) electrons. The SMILES string of the molecule is COc1ccc(-n2nc(C(C)(C)C)c3c2N(CC(=O)NCc2ccccn2)C(=O)CS[C@H]3c2ccccc2C)cc1. The number of fused-ring (bicyclic) bond motifs is 1. The van der Waals surface area contributed by atoms with E-state index in [2.05, 4.69) is 50.1 Å². The van der Waals surface area contributed by atoms with E-state index in [0.29, 0.717) is 5.82 Å². The van der Waals surface area contributed by atoms with Gasteiger partial charge in [-0.1, -0.05) is 51.1 Å². The lowest BCUT2D eigenvalue weighted by molar-refractivity contribution is -0.123. The molecule has 0 aliphatic carbocycles. The van der Waals surface area contributed by atoms with Gasteiger partial charge in [0.1, 0.15) is 18.1 Å². The third-order valence-corrected chi connectivity index (χ3v) is 8.32. The Hall–Kier alpha value is -4.11. The minimum Gasteiger partial charge on any atom is -0.497 e. The molecule has 1 atom stereocenters. The number of rotatable bonds is 7. The topological polar surface area (TPSA) is 89.3 Å². The van der Waals surface area contributed by atoms with Crippen LogP contribution < -0.4 is 15.0 Å². The molecule has 1 aliphatic rings. The number of benzene rings is 2. The van der Waals surface area contributed by atoms with E-state index >= 15 is 0 Å². The number of hydrogen-bond acceptors (Lipinski definition) is 6. The fourth-order valence-electron chi connectivity index (χ4n) is 4.99. The van der Waals surface area contributed by atoms with E-state index in [1.807, 2.05) is 59.3 Å². The van der Waals surface area contributed by atoms with E-state index in [-0.39, 0.29) is 41.3 Å². The minimum atomic E-state index is -0.330. The number of methoxy groups -OCH3 is 1. The Morgan fingerprint density at radius 3 is 2.46 bits per heavy atom. The molecule has 8 nitrogen and oxygen atoms in total. The predicted molar refractivity (Wildman–Crippen MR) is 163 cm³/mol. The zero-order valence-corrected chi connectivity index (χ0v) is 24.9. The van der Waals surface area contributed by atoms with Gasteiger partial charge in [-0.2, -0.15) is 5.10 Å². The van der Waals surface area contributed by atoms with Crippen LogP contribution in [0.15, 0.2) is 72.9 Å². The van der Waals surface area contributed by atoms with Crippen LogP contribution in [0.3, 0.4) is 0 Å². The number of hydrogen-bond donors (Lipinski definition) is 1. The van der Waals surface area contributed by atoms with Gasteiger partial charge in [-0.25, -0.2) is 4.68 Å². The Labute approximate surface area is 245 Å². The van der Waals surface area contributed by atoms with Gasteiger partial charge in [-0.3, -0.25) is 19.5 Å². The zero-order valence-electron chi connectivity index (χ0n) is 24.0. The molecule has 2 aromatic heterocycles. The Morgan fingerprint density at radius 1 is 1.07 bits per heavy atom. The highest BCUT2D eigenvalue weighted by Gasteiger charge is 2.40. The first kappa shape index (κ1) is 28.4. The van der Waals surface area contributed by atoms with Gasteiger partial charge >= 0.3 is 0 Å². The summed E-state index contributed by atoms with van der Waals surface area (Å²) < 4.78 is 7.20. The molecule has 1 N–H and O–H groups in total. The number of nitrogens with zero attached hydrogens (tertiary/aromatic N) is 4. The maximum Gasteiger partial charge on any atom is 0.240 e. The monoisotopic (exact) mass is 569 g/mol. The lowest BCUT2D eigenvalue weighted by Gasteiger charge is -2.25. The molecule has 0 saturated carbocycles. The quantitative estimate of drug-likeness (QED) is 0.322. The second-order valence-electron chi connectivity index (χ2n) is 11.1. The van der Waals surface area contributed by atoms with Crippen molar-refractivity contribution in [3.05, 3.63) is 101 Å². The molecule has 5 rings (SSSR count). The largest absolute Gasteiger partial charge is 0.497 e. The summed E-state index contributed by atoms with van der Waals surface area (Å²) in [6.07, 6.45) is 1.69. The minimum absolute atomic E-state index is 0.134. The predicted octanol–water partition coefficient (Wildman–Crippen LogP) is 5.37. The molecular weight excluding hydrogens is 534 g/mol. The average Bonchev–Trinajstić information content (AvgIpc) is 3.31. The number of aryl methyl sites for hydroxylation is 1. The van der Waals surface area contributed by atoms with E-state index in [0.717, 1.165) is 39.5 Å². The van der Waals surface area contributed by atoms with Crippen molar-refractivity contribution >= 4 is 29.4 Å². The summed E-state index contributed by atoms with van der Waals surface area (Å²) in [5, 5.41) is 7.94. The van der Waals surface area contributed by atoms with Gasteiger partial charge in [0.15, 0.2) is 0 Å². The van der Waals surface area contributed by atoms with Crippen LogP contribution in [0.1, 0.15) is 54.1 Å². The second-order valence-corrected chi connectivity index (χ2v) is 12.2. The summed E-state index contributed by atoms with van der Waals surface area (Å²) in [6, 6.07) is 21.4. The number of pyridine rings is 1.